The molecule has 3 fully saturated rings. The second kappa shape index (κ2) is 5.24. The molecule has 0 aliphatic carbocycles. The first-order valence-corrected chi connectivity index (χ1v) is 7.60. The van der Waals surface area contributed by atoms with Gasteiger partial charge < -0.3 is 14.5 Å². The van der Waals surface area contributed by atoms with Crippen molar-refractivity contribution in [2.24, 2.45) is 5.92 Å². The average molecular weight is 285 g/mol. The zero-order chi connectivity index (χ0) is 14.2. The van der Waals surface area contributed by atoms with Gasteiger partial charge in [0.2, 0.25) is 0 Å². The minimum atomic E-state index is -0.839. The first-order valence-electron chi connectivity index (χ1n) is 7.60. The summed E-state index contributed by atoms with van der Waals surface area (Å²) in [6.07, 6.45) is 1.60. The van der Waals surface area contributed by atoms with Crippen LogP contribution in [0.3, 0.4) is 0 Å². The van der Waals surface area contributed by atoms with Gasteiger partial charge in [-0.15, -0.1) is 0 Å². The second-order valence-electron chi connectivity index (χ2n) is 6.05. The smallest absolute Gasteiger partial charge is 0.260 e. The van der Waals surface area contributed by atoms with Crippen molar-refractivity contribution in [3.8, 4) is 0 Å². The molecular weight excluding hydrogens is 266 g/mol. The summed E-state index contributed by atoms with van der Waals surface area (Å²) in [5.41, 5.74) is 0.779. The summed E-state index contributed by atoms with van der Waals surface area (Å²) in [5, 5.41) is 14.5. The molecule has 2 unspecified atom stereocenters. The quantitative estimate of drug-likeness (QED) is 0.934. The molecule has 0 radical (unpaired) electrons. The van der Waals surface area contributed by atoms with E-state index >= 15 is 0 Å². The first-order chi connectivity index (χ1) is 10.3. The summed E-state index contributed by atoms with van der Waals surface area (Å²) in [4.78, 5) is 6.94. The molecule has 3 saturated heterocycles. The van der Waals surface area contributed by atoms with Gasteiger partial charge in [0.25, 0.3) is 5.89 Å². The third-order valence-electron chi connectivity index (χ3n) is 4.79. The van der Waals surface area contributed by atoms with Crippen LogP contribution in [0.4, 0.5) is 0 Å². The molecule has 2 bridgehead atoms. The van der Waals surface area contributed by atoms with Crippen LogP contribution < -0.4 is 0 Å². The molecule has 1 aromatic heterocycles. The normalized spacial score (nSPS) is 29.5. The minimum Gasteiger partial charge on any atom is -0.378 e. The van der Waals surface area contributed by atoms with Crippen molar-refractivity contribution in [3.05, 3.63) is 47.6 Å². The van der Waals surface area contributed by atoms with Gasteiger partial charge in [-0.1, -0.05) is 35.5 Å². The summed E-state index contributed by atoms with van der Waals surface area (Å²) >= 11 is 0. The third kappa shape index (κ3) is 2.36. The van der Waals surface area contributed by atoms with Crippen LogP contribution >= 0.6 is 0 Å². The van der Waals surface area contributed by atoms with E-state index in [-0.39, 0.29) is 0 Å². The minimum absolute atomic E-state index is 0.299. The number of benzene rings is 1. The van der Waals surface area contributed by atoms with Crippen LogP contribution in [-0.4, -0.2) is 39.8 Å². The van der Waals surface area contributed by atoms with Gasteiger partial charge in [-0.3, -0.25) is 0 Å². The molecule has 0 amide bonds. The molecule has 110 valence electrons. The van der Waals surface area contributed by atoms with Crippen LogP contribution in [0, 0.1) is 5.92 Å². The van der Waals surface area contributed by atoms with Gasteiger partial charge in [0.15, 0.2) is 11.9 Å². The predicted octanol–water partition coefficient (Wildman–Crippen LogP) is 1.96. The monoisotopic (exact) mass is 285 g/mol. The highest BCUT2D eigenvalue weighted by atomic mass is 16.5. The largest absolute Gasteiger partial charge is 0.378 e. The van der Waals surface area contributed by atoms with E-state index in [0.29, 0.717) is 17.7 Å². The fourth-order valence-corrected chi connectivity index (χ4v) is 3.54. The SMILES string of the molecule is OC(c1ccccc1)c1nc(C2CN3CCC2CC3)no1. The van der Waals surface area contributed by atoms with E-state index in [1.807, 2.05) is 30.3 Å². The molecule has 3 aliphatic rings. The number of aliphatic hydroxyl groups is 1. The number of nitrogens with zero attached hydrogens (tertiary/aromatic N) is 3. The van der Waals surface area contributed by atoms with E-state index in [1.165, 1.54) is 25.9 Å². The topological polar surface area (TPSA) is 62.4 Å². The maximum Gasteiger partial charge on any atom is 0.260 e. The number of rotatable bonds is 3. The van der Waals surface area contributed by atoms with Crippen LogP contribution in [-0.2, 0) is 0 Å². The predicted molar refractivity (Wildman–Crippen MR) is 76.7 cm³/mol. The first kappa shape index (κ1) is 13.0. The van der Waals surface area contributed by atoms with Crippen LogP contribution in [0.25, 0.3) is 0 Å². The van der Waals surface area contributed by atoms with Crippen LogP contribution in [0.5, 0.6) is 0 Å². The Morgan fingerprint density at radius 1 is 1.19 bits per heavy atom. The Balaban J connectivity index is 1.56. The highest BCUT2D eigenvalue weighted by Gasteiger charge is 2.37. The average Bonchev–Trinajstić information content (AvgIpc) is 3.06. The van der Waals surface area contributed by atoms with Gasteiger partial charge in [0.1, 0.15) is 0 Å². The Morgan fingerprint density at radius 3 is 2.62 bits per heavy atom. The zero-order valence-corrected chi connectivity index (χ0v) is 11.9. The second-order valence-corrected chi connectivity index (χ2v) is 6.05. The van der Waals surface area contributed by atoms with Gasteiger partial charge in [-0.2, -0.15) is 4.98 Å². The van der Waals surface area contributed by atoms with Crippen molar-refractivity contribution in [2.45, 2.75) is 24.9 Å². The van der Waals surface area contributed by atoms with Crippen molar-refractivity contribution < 1.29 is 9.63 Å². The molecule has 21 heavy (non-hydrogen) atoms. The van der Waals surface area contributed by atoms with Crippen molar-refractivity contribution in [1.82, 2.24) is 15.0 Å². The number of fused-ring (bicyclic) bond motifs is 3. The maximum absolute atomic E-state index is 10.3. The molecule has 3 aliphatic heterocycles. The number of piperidine rings is 3. The van der Waals surface area contributed by atoms with E-state index in [4.69, 9.17) is 4.52 Å². The Labute approximate surface area is 123 Å². The van der Waals surface area contributed by atoms with Gasteiger partial charge in [-0.05, 0) is 37.4 Å². The van der Waals surface area contributed by atoms with Crippen LogP contribution in [0.1, 0.15) is 42.1 Å². The summed E-state index contributed by atoms with van der Waals surface area (Å²) in [6.45, 7) is 3.40. The molecule has 0 spiro atoms. The van der Waals surface area contributed by atoms with Crippen molar-refractivity contribution in [3.63, 3.8) is 0 Å². The summed E-state index contributed by atoms with van der Waals surface area (Å²) in [6, 6.07) is 9.43. The Bertz CT molecular complexity index is 605. The van der Waals surface area contributed by atoms with Crippen LogP contribution in [0.15, 0.2) is 34.9 Å². The molecular formula is C16H19N3O2. The Kier molecular flexibility index (Phi) is 3.24. The number of aromatic nitrogens is 2. The lowest BCUT2D eigenvalue weighted by Gasteiger charge is -2.43. The van der Waals surface area contributed by atoms with Crippen molar-refractivity contribution in [2.75, 3.05) is 19.6 Å². The number of hydrogen-bond donors (Lipinski definition) is 1. The van der Waals surface area contributed by atoms with Crippen LogP contribution in [0.2, 0.25) is 0 Å². The number of hydrogen-bond acceptors (Lipinski definition) is 5. The lowest BCUT2D eigenvalue weighted by molar-refractivity contribution is 0.0825. The lowest BCUT2D eigenvalue weighted by Crippen LogP contribution is -2.46. The summed E-state index contributed by atoms with van der Waals surface area (Å²) < 4.78 is 5.31. The molecule has 2 aromatic rings. The highest BCUT2D eigenvalue weighted by molar-refractivity contribution is 5.21. The standard InChI is InChI=1S/C16H19N3O2/c20-14(12-4-2-1-3-5-12)16-17-15(18-21-16)13-10-19-8-6-11(13)7-9-19/h1-5,11,13-14,20H,6-10H2. The molecule has 5 rings (SSSR count). The van der Waals surface area contributed by atoms with E-state index in [2.05, 4.69) is 15.0 Å². The van der Waals surface area contributed by atoms with Gasteiger partial charge >= 0.3 is 0 Å². The molecule has 5 heteroatoms. The third-order valence-corrected chi connectivity index (χ3v) is 4.79. The molecule has 4 heterocycles. The van der Waals surface area contributed by atoms with Gasteiger partial charge in [0, 0.05) is 12.5 Å². The van der Waals surface area contributed by atoms with E-state index < -0.39 is 6.10 Å². The van der Waals surface area contributed by atoms with Crippen molar-refractivity contribution >= 4 is 0 Å². The molecule has 5 nitrogen and oxygen atoms in total. The molecule has 2 atom stereocenters. The van der Waals surface area contributed by atoms with E-state index in [9.17, 15) is 5.11 Å². The highest BCUT2D eigenvalue weighted by Crippen LogP contribution is 2.38. The summed E-state index contributed by atoms with van der Waals surface area (Å²) in [5.74, 6) is 2.07. The fraction of sp³-hybridized carbons (Fsp3) is 0.500. The van der Waals surface area contributed by atoms with Gasteiger partial charge in [-0.25, -0.2) is 0 Å². The Hall–Kier alpha value is -1.72. The lowest BCUT2D eigenvalue weighted by atomic mass is 9.79. The molecule has 1 aromatic carbocycles. The molecule has 0 saturated carbocycles. The maximum atomic E-state index is 10.3. The van der Waals surface area contributed by atoms with E-state index in [1.54, 1.807) is 0 Å². The fourth-order valence-electron chi connectivity index (χ4n) is 3.54. The zero-order valence-electron chi connectivity index (χ0n) is 11.9. The summed E-state index contributed by atoms with van der Waals surface area (Å²) in [7, 11) is 0. The Morgan fingerprint density at radius 2 is 1.95 bits per heavy atom. The van der Waals surface area contributed by atoms with Gasteiger partial charge in [0.05, 0.1) is 0 Å². The number of aliphatic hydroxyl groups excluding tert-OH is 1. The molecule has 1 N–H and O–H groups in total. The van der Waals surface area contributed by atoms with E-state index in [0.717, 1.165) is 17.9 Å². The van der Waals surface area contributed by atoms with Crippen molar-refractivity contribution in [1.29, 1.82) is 0 Å².